The van der Waals surface area contributed by atoms with Crippen LogP contribution in [-0.4, -0.2) is 46.4 Å². The predicted molar refractivity (Wildman–Crippen MR) is 119 cm³/mol. The van der Waals surface area contributed by atoms with E-state index in [1.807, 2.05) is 13.8 Å². The Morgan fingerprint density at radius 3 is 2.45 bits per heavy atom. The van der Waals surface area contributed by atoms with Gasteiger partial charge in [-0.15, -0.1) is 11.3 Å². The van der Waals surface area contributed by atoms with Crippen LogP contribution in [0.4, 0.5) is 13.2 Å². The van der Waals surface area contributed by atoms with E-state index >= 15 is 0 Å². The number of hydrogen-bond acceptors (Lipinski definition) is 7. The fourth-order valence-electron chi connectivity index (χ4n) is 2.76. The van der Waals surface area contributed by atoms with Gasteiger partial charge in [0.2, 0.25) is 0 Å². The maximum Gasteiger partial charge on any atom is 0.416 e. The van der Waals surface area contributed by atoms with Crippen molar-refractivity contribution < 1.29 is 38.0 Å². The second-order valence-corrected chi connectivity index (χ2v) is 8.45. The zero-order valence-corrected chi connectivity index (χ0v) is 19.2. The van der Waals surface area contributed by atoms with Crippen molar-refractivity contribution in [3.63, 3.8) is 0 Å². The molecule has 1 aromatic carbocycles. The van der Waals surface area contributed by atoms with Gasteiger partial charge in [-0.1, -0.05) is 18.2 Å². The Balaban J connectivity index is 2.05. The second kappa shape index (κ2) is 12.9. The summed E-state index contributed by atoms with van der Waals surface area (Å²) in [5.74, 6) is 0.512. The SMILES string of the molecule is CC(C)=C(/C=C\COCc1sc(-c2ccc(C(F)(F)F)cc2)nc1CCCO)OCC(O)O. The standard InChI is InChI=1S/C23H28F3NO5S/c1-15(2)19(32-14-21(29)30)6-4-12-31-13-20-18(5-3-11-28)27-22(33-20)16-7-9-17(10-8-16)23(24,25)26/h4,6-10,21,28-30H,3,5,11-14H2,1-2H3/b6-4-. The third-order valence-corrected chi connectivity index (χ3v) is 5.53. The third-order valence-electron chi connectivity index (χ3n) is 4.41. The molecule has 0 saturated carbocycles. The predicted octanol–water partition coefficient (Wildman–Crippen LogP) is 4.45. The van der Waals surface area contributed by atoms with Crippen molar-refractivity contribution in [2.45, 2.75) is 45.8 Å². The molecule has 0 saturated heterocycles. The number of allylic oxidation sites excluding steroid dienone is 2. The summed E-state index contributed by atoms with van der Waals surface area (Å²) in [5, 5.41) is 27.6. The molecule has 0 aliphatic rings. The molecule has 10 heteroatoms. The number of aliphatic hydroxyl groups is 3. The van der Waals surface area contributed by atoms with E-state index in [9.17, 15) is 13.2 Å². The van der Waals surface area contributed by atoms with Gasteiger partial charge in [-0.2, -0.15) is 13.2 Å². The van der Waals surface area contributed by atoms with Crippen molar-refractivity contribution in [2.75, 3.05) is 19.8 Å². The minimum atomic E-state index is -4.39. The lowest BCUT2D eigenvalue weighted by Gasteiger charge is -2.10. The average molecular weight is 488 g/mol. The van der Waals surface area contributed by atoms with E-state index in [2.05, 4.69) is 4.98 Å². The lowest BCUT2D eigenvalue weighted by atomic mass is 10.1. The van der Waals surface area contributed by atoms with E-state index in [0.29, 0.717) is 29.2 Å². The number of thiazole rings is 1. The Hall–Kier alpha value is -2.24. The van der Waals surface area contributed by atoms with Gasteiger partial charge in [0.15, 0.2) is 6.29 Å². The van der Waals surface area contributed by atoms with Gasteiger partial charge in [-0.3, -0.25) is 0 Å². The maximum atomic E-state index is 12.8. The Kier molecular flexibility index (Phi) is 10.5. The van der Waals surface area contributed by atoms with E-state index in [1.165, 1.54) is 23.5 Å². The van der Waals surface area contributed by atoms with Gasteiger partial charge in [0, 0.05) is 12.2 Å². The first-order chi connectivity index (χ1) is 15.6. The van der Waals surface area contributed by atoms with E-state index in [1.54, 1.807) is 12.2 Å². The quantitative estimate of drug-likeness (QED) is 0.177. The van der Waals surface area contributed by atoms with Gasteiger partial charge in [0.25, 0.3) is 0 Å². The number of nitrogens with zero attached hydrogens (tertiary/aromatic N) is 1. The highest BCUT2D eigenvalue weighted by Gasteiger charge is 2.30. The number of hydrogen-bond donors (Lipinski definition) is 3. The number of aromatic nitrogens is 1. The number of alkyl halides is 3. The van der Waals surface area contributed by atoms with Crippen LogP contribution in [0.2, 0.25) is 0 Å². The van der Waals surface area contributed by atoms with Crippen LogP contribution >= 0.6 is 11.3 Å². The lowest BCUT2D eigenvalue weighted by Crippen LogP contribution is -2.13. The molecule has 0 spiro atoms. The fourth-order valence-corrected chi connectivity index (χ4v) is 3.81. The highest BCUT2D eigenvalue weighted by Crippen LogP contribution is 2.33. The molecule has 2 aromatic rings. The molecule has 0 amide bonds. The van der Waals surface area contributed by atoms with Crippen LogP contribution < -0.4 is 0 Å². The molecule has 0 radical (unpaired) electrons. The van der Waals surface area contributed by atoms with E-state index in [0.717, 1.165) is 28.3 Å². The summed E-state index contributed by atoms with van der Waals surface area (Å²) >= 11 is 1.34. The van der Waals surface area contributed by atoms with Crippen LogP contribution in [0.1, 0.15) is 36.4 Å². The molecule has 0 fully saturated rings. The monoisotopic (exact) mass is 487 g/mol. The van der Waals surface area contributed by atoms with Crippen LogP contribution in [0.15, 0.2) is 47.7 Å². The van der Waals surface area contributed by atoms with Crippen LogP contribution in [0, 0.1) is 0 Å². The van der Waals surface area contributed by atoms with Crippen molar-refractivity contribution in [1.82, 2.24) is 4.98 Å². The Bertz CT molecular complexity index is 933. The van der Waals surface area contributed by atoms with Crippen molar-refractivity contribution in [3.8, 4) is 10.6 Å². The van der Waals surface area contributed by atoms with E-state index < -0.39 is 18.0 Å². The van der Waals surface area contributed by atoms with Gasteiger partial charge in [-0.05, 0) is 50.5 Å². The zero-order chi connectivity index (χ0) is 24.4. The van der Waals surface area contributed by atoms with Gasteiger partial charge >= 0.3 is 6.18 Å². The Morgan fingerprint density at radius 2 is 1.88 bits per heavy atom. The number of halogens is 3. The van der Waals surface area contributed by atoms with Crippen LogP contribution in [0.5, 0.6) is 0 Å². The Morgan fingerprint density at radius 1 is 1.18 bits per heavy atom. The molecular formula is C23H28F3NO5S. The molecule has 2 rings (SSSR count). The Labute approximate surface area is 194 Å². The summed E-state index contributed by atoms with van der Waals surface area (Å²) in [6.45, 7) is 3.94. The summed E-state index contributed by atoms with van der Waals surface area (Å²) < 4.78 is 49.5. The van der Waals surface area contributed by atoms with Gasteiger partial charge < -0.3 is 24.8 Å². The molecule has 33 heavy (non-hydrogen) atoms. The van der Waals surface area contributed by atoms with Gasteiger partial charge in [0.1, 0.15) is 17.4 Å². The first-order valence-electron chi connectivity index (χ1n) is 10.3. The van der Waals surface area contributed by atoms with Crippen LogP contribution in [0.25, 0.3) is 10.6 Å². The molecule has 0 unspecified atom stereocenters. The smallest absolute Gasteiger partial charge is 0.416 e. The molecule has 0 bridgehead atoms. The second-order valence-electron chi connectivity index (χ2n) is 7.36. The van der Waals surface area contributed by atoms with Gasteiger partial charge in [-0.25, -0.2) is 4.98 Å². The molecular weight excluding hydrogens is 459 g/mol. The first kappa shape index (κ1) is 27.0. The minimum Gasteiger partial charge on any atom is -0.488 e. The molecule has 0 aliphatic carbocycles. The highest BCUT2D eigenvalue weighted by molar-refractivity contribution is 7.15. The van der Waals surface area contributed by atoms with Gasteiger partial charge in [0.05, 0.1) is 29.3 Å². The third kappa shape index (κ3) is 8.90. The zero-order valence-electron chi connectivity index (χ0n) is 18.4. The topological polar surface area (TPSA) is 92.0 Å². The number of ether oxygens (including phenoxy) is 2. The number of aliphatic hydroxyl groups excluding tert-OH is 2. The molecule has 182 valence electrons. The minimum absolute atomic E-state index is 0.00416. The molecule has 6 nitrogen and oxygen atoms in total. The van der Waals surface area contributed by atoms with Crippen LogP contribution in [0.3, 0.4) is 0 Å². The number of aryl methyl sites for hydroxylation is 1. The van der Waals surface area contributed by atoms with E-state index in [4.69, 9.17) is 24.8 Å². The number of rotatable bonds is 12. The van der Waals surface area contributed by atoms with Crippen LogP contribution in [-0.2, 0) is 28.7 Å². The van der Waals surface area contributed by atoms with Crippen molar-refractivity contribution in [2.24, 2.45) is 0 Å². The maximum absolute atomic E-state index is 12.8. The molecule has 1 heterocycles. The average Bonchev–Trinajstić information content (AvgIpc) is 3.16. The summed E-state index contributed by atoms with van der Waals surface area (Å²) in [4.78, 5) is 5.40. The molecule has 3 N–H and O–H groups in total. The van der Waals surface area contributed by atoms with E-state index in [-0.39, 0.29) is 26.4 Å². The summed E-state index contributed by atoms with van der Waals surface area (Å²) in [7, 11) is 0. The lowest BCUT2D eigenvalue weighted by molar-refractivity contribution is -0.137. The summed E-state index contributed by atoms with van der Waals surface area (Å²) in [6, 6.07) is 4.86. The fraction of sp³-hybridized carbons (Fsp3) is 0.435. The number of benzene rings is 1. The van der Waals surface area contributed by atoms with Crippen molar-refractivity contribution >= 4 is 11.3 Å². The summed E-state index contributed by atoms with van der Waals surface area (Å²) in [5.41, 5.74) is 1.48. The molecule has 0 aliphatic heterocycles. The van der Waals surface area contributed by atoms with Crippen molar-refractivity contribution in [1.29, 1.82) is 0 Å². The highest BCUT2D eigenvalue weighted by atomic mass is 32.1. The molecule has 0 atom stereocenters. The normalized spacial score (nSPS) is 12.0. The first-order valence-corrected chi connectivity index (χ1v) is 11.1. The molecule has 1 aromatic heterocycles. The largest absolute Gasteiger partial charge is 0.488 e. The van der Waals surface area contributed by atoms with Crippen molar-refractivity contribution in [3.05, 3.63) is 63.9 Å². The summed E-state index contributed by atoms with van der Waals surface area (Å²) in [6.07, 6.45) is -1.49.